The van der Waals surface area contributed by atoms with Gasteiger partial charge in [-0.25, -0.2) is 9.98 Å². The second kappa shape index (κ2) is 4.15. The van der Waals surface area contributed by atoms with E-state index in [4.69, 9.17) is 23.2 Å². The fraction of sp³-hybridized carbons (Fsp3) is 0.333. The van der Waals surface area contributed by atoms with Crippen molar-refractivity contribution in [1.29, 1.82) is 0 Å². The number of hydrogen-bond donors (Lipinski definition) is 1. The molecule has 2 aliphatic rings. The van der Waals surface area contributed by atoms with Crippen molar-refractivity contribution in [2.24, 2.45) is 9.98 Å². The Labute approximate surface area is 92.2 Å². The largest absolute Gasteiger partial charge is 0.323 e. The Morgan fingerprint density at radius 3 is 3.21 bits per heavy atom. The van der Waals surface area contributed by atoms with Gasteiger partial charge in [-0.15, -0.1) is 23.2 Å². The van der Waals surface area contributed by atoms with Crippen LogP contribution in [0.2, 0.25) is 0 Å². The van der Waals surface area contributed by atoms with Crippen LogP contribution in [0.25, 0.3) is 0 Å². The molecule has 0 spiro atoms. The minimum absolute atomic E-state index is 0.0659. The molecule has 1 aliphatic heterocycles. The van der Waals surface area contributed by atoms with Crippen LogP contribution in [0.4, 0.5) is 0 Å². The number of nitrogens with zero attached hydrogens (tertiary/aromatic N) is 2. The maximum atomic E-state index is 5.92. The molecule has 0 amide bonds. The molecule has 0 fully saturated rings. The number of nitrogens with one attached hydrogen (secondary N) is 1. The average molecular weight is 230 g/mol. The van der Waals surface area contributed by atoms with E-state index < -0.39 is 0 Å². The monoisotopic (exact) mass is 229 g/mol. The van der Waals surface area contributed by atoms with E-state index in [2.05, 4.69) is 15.3 Å². The van der Waals surface area contributed by atoms with Crippen molar-refractivity contribution < 1.29 is 0 Å². The Balaban J connectivity index is 2.16. The van der Waals surface area contributed by atoms with Crippen LogP contribution in [-0.4, -0.2) is 29.5 Å². The molecule has 14 heavy (non-hydrogen) atoms. The number of guanidine groups is 1. The van der Waals surface area contributed by atoms with E-state index in [9.17, 15) is 0 Å². The molecule has 5 heteroatoms. The topological polar surface area (TPSA) is 36.8 Å². The van der Waals surface area contributed by atoms with Gasteiger partial charge < -0.3 is 5.32 Å². The van der Waals surface area contributed by atoms with Gasteiger partial charge in [0.05, 0.1) is 23.3 Å². The first-order valence-electron chi connectivity index (χ1n) is 4.30. The quantitative estimate of drug-likeness (QED) is 0.720. The summed E-state index contributed by atoms with van der Waals surface area (Å²) in [5, 5.41) is 3.01. The van der Waals surface area contributed by atoms with E-state index >= 15 is 0 Å². The van der Waals surface area contributed by atoms with Crippen LogP contribution in [-0.2, 0) is 0 Å². The SMILES string of the molecule is ClCCN=C1N=C2C=CC(Cl)C=C2N1. The van der Waals surface area contributed by atoms with Crippen molar-refractivity contribution in [3.8, 4) is 0 Å². The van der Waals surface area contributed by atoms with Crippen molar-refractivity contribution >= 4 is 34.9 Å². The molecule has 74 valence electrons. The van der Waals surface area contributed by atoms with Gasteiger partial charge in [0.2, 0.25) is 5.96 Å². The smallest absolute Gasteiger partial charge is 0.223 e. The Kier molecular flexibility index (Phi) is 2.89. The minimum atomic E-state index is -0.0659. The summed E-state index contributed by atoms with van der Waals surface area (Å²) in [7, 11) is 0. The minimum Gasteiger partial charge on any atom is -0.323 e. The molecule has 1 heterocycles. The zero-order valence-corrected chi connectivity index (χ0v) is 8.89. The Morgan fingerprint density at radius 1 is 1.57 bits per heavy atom. The number of rotatable bonds is 2. The first-order chi connectivity index (χ1) is 6.79. The van der Waals surface area contributed by atoms with E-state index in [-0.39, 0.29) is 5.38 Å². The Bertz CT molecular complexity index is 355. The molecule has 3 nitrogen and oxygen atoms in total. The summed E-state index contributed by atoms with van der Waals surface area (Å²) in [5.74, 6) is 1.12. The zero-order chi connectivity index (χ0) is 9.97. The molecule has 1 atom stereocenters. The highest BCUT2D eigenvalue weighted by molar-refractivity contribution is 6.27. The van der Waals surface area contributed by atoms with Gasteiger partial charge in [0.25, 0.3) is 0 Å². The molecular weight excluding hydrogens is 221 g/mol. The van der Waals surface area contributed by atoms with Gasteiger partial charge in [-0.1, -0.05) is 6.08 Å². The van der Waals surface area contributed by atoms with Crippen molar-refractivity contribution in [1.82, 2.24) is 5.32 Å². The lowest BCUT2D eigenvalue weighted by atomic mass is 10.1. The molecule has 0 radical (unpaired) electrons. The third kappa shape index (κ3) is 1.99. The first kappa shape index (κ1) is 9.74. The van der Waals surface area contributed by atoms with Crippen LogP contribution >= 0.6 is 23.2 Å². The number of fused-ring (bicyclic) bond motifs is 1. The van der Waals surface area contributed by atoms with Gasteiger partial charge in [0.15, 0.2) is 0 Å². The number of aliphatic imine (C=N–C) groups is 2. The highest BCUT2D eigenvalue weighted by Crippen LogP contribution is 2.15. The molecule has 0 bridgehead atoms. The van der Waals surface area contributed by atoms with E-state index in [1.165, 1.54) is 0 Å². The van der Waals surface area contributed by atoms with Crippen molar-refractivity contribution in [2.75, 3.05) is 12.4 Å². The van der Waals surface area contributed by atoms with Gasteiger partial charge >= 0.3 is 0 Å². The van der Waals surface area contributed by atoms with Crippen LogP contribution < -0.4 is 5.32 Å². The molecule has 0 saturated heterocycles. The normalized spacial score (nSPS) is 27.0. The Morgan fingerprint density at radius 2 is 2.43 bits per heavy atom. The van der Waals surface area contributed by atoms with Crippen molar-refractivity contribution in [3.63, 3.8) is 0 Å². The summed E-state index contributed by atoms with van der Waals surface area (Å²) in [4.78, 5) is 8.42. The molecule has 0 aromatic heterocycles. The maximum Gasteiger partial charge on any atom is 0.223 e. The van der Waals surface area contributed by atoms with Crippen LogP contribution in [0, 0.1) is 0 Å². The van der Waals surface area contributed by atoms with Crippen LogP contribution in [0.1, 0.15) is 0 Å². The maximum absolute atomic E-state index is 5.92. The lowest BCUT2D eigenvalue weighted by molar-refractivity contribution is 1.08. The molecule has 1 N–H and O–H groups in total. The fourth-order valence-electron chi connectivity index (χ4n) is 1.26. The van der Waals surface area contributed by atoms with Crippen LogP contribution in [0.5, 0.6) is 0 Å². The van der Waals surface area contributed by atoms with E-state index in [0.717, 1.165) is 11.4 Å². The first-order valence-corrected chi connectivity index (χ1v) is 5.27. The number of alkyl halides is 2. The highest BCUT2D eigenvalue weighted by Gasteiger charge is 2.19. The molecule has 0 aromatic rings. The van der Waals surface area contributed by atoms with Gasteiger partial charge in [0, 0.05) is 5.88 Å². The van der Waals surface area contributed by atoms with E-state index in [1.807, 2.05) is 18.2 Å². The predicted molar refractivity (Wildman–Crippen MR) is 60.5 cm³/mol. The number of hydrogen-bond acceptors (Lipinski definition) is 1. The number of allylic oxidation sites excluding steroid dienone is 3. The average Bonchev–Trinajstić information content (AvgIpc) is 2.56. The second-order valence-electron chi connectivity index (χ2n) is 2.90. The lowest BCUT2D eigenvalue weighted by Gasteiger charge is -2.06. The standard InChI is InChI=1S/C9H9Cl2N3/c10-3-4-12-9-13-7-2-1-6(11)5-8(7)14-9/h1-2,5-6H,3-4H2,(H,12,14). The lowest BCUT2D eigenvalue weighted by Crippen LogP contribution is -2.19. The molecule has 2 rings (SSSR count). The molecule has 0 aromatic carbocycles. The van der Waals surface area contributed by atoms with Gasteiger partial charge in [-0.3, -0.25) is 0 Å². The van der Waals surface area contributed by atoms with Gasteiger partial charge in [-0.2, -0.15) is 0 Å². The van der Waals surface area contributed by atoms with E-state index in [0.29, 0.717) is 18.4 Å². The van der Waals surface area contributed by atoms with Gasteiger partial charge in [0.1, 0.15) is 0 Å². The second-order valence-corrected chi connectivity index (χ2v) is 3.78. The summed E-state index contributed by atoms with van der Waals surface area (Å²) >= 11 is 11.4. The van der Waals surface area contributed by atoms with E-state index in [1.54, 1.807) is 0 Å². The molecule has 0 saturated carbocycles. The third-order valence-corrected chi connectivity index (χ3v) is 2.30. The van der Waals surface area contributed by atoms with Crippen LogP contribution in [0.3, 0.4) is 0 Å². The summed E-state index contributed by atoms with van der Waals surface area (Å²) in [6, 6.07) is 0. The zero-order valence-electron chi connectivity index (χ0n) is 7.37. The summed E-state index contributed by atoms with van der Waals surface area (Å²) in [5.41, 5.74) is 1.82. The third-order valence-electron chi connectivity index (χ3n) is 1.86. The van der Waals surface area contributed by atoms with Crippen LogP contribution in [0.15, 0.2) is 33.9 Å². The van der Waals surface area contributed by atoms with Gasteiger partial charge in [-0.05, 0) is 12.2 Å². The summed E-state index contributed by atoms with van der Waals surface area (Å²) in [6.07, 6.45) is 5.68. The summed E-state index contributed by atoms with van der Waals surface area (Å²) < 4.78 is 0. The summed E-state index contributed by atoms with van der Waals surface area (Å²) in [6.45, 7) is 0.571. The van der Waals surface area contributed by atoms with Crippen molar-refractivity contribution in [2.45, 2.75) is 5.38 Å². The predicted octanol–water partition coefficient (Wildman–Crippen LogP) is 1.69. The molecule has 1 unspecified atom stereocenters. The Hall–Kier alpha value is -0.800. The van der Waals surface area contributed by atoms with Crippen molar-refractivity contribution in [3.05, 3.63) is 23.9 Å². The molecular formula is C9H9Cl2N3. The fourth-order valence-corrected chi connectivity index (χ4v) is 1.54. The highest BCUT2D eigenvalue weighted by atomic mass is 35.5. The number of halogens is 2. The molecule has 1 aliphatic carbocycles.